The third-order valence-electron chi connectivity index (χ3n) is 3.86. The van der Waals surface area contributed by atoms with E-state index in [9.17, 15) is 14.7 Å². The molecule has 0 aliphatic carbocycles. The number of aliphatic carboxylic acids is 1. The molecule has 0 heterocycles. The van der Waals surface area contributed by atoms with Gasteiger partial charge in [-0.2, -0.15) is 0 Å². The molecular weight excluding hydrogens is 320 g/mol. The molecule has 5 nitrogen and oxygen atoms in total. The zero-order chi connectivity index (χ0) is 18.4. The van der Waals surface area contributed by atoms with Gasteiger partial charge in [0.25, 0.3) is 0 Å². The number of carbonyl (C=O) groups excluding carboxylic acids is 1. The van der Waals surface area contributed by atoms with Crippen LogP contribution in [0.5, 0.6) is 11.5 Å². The number of carboxylic acids is 1. The first kappa shape index (κ1) is 18.5. The number of phenols is 1. The lowest BCUT2D eigenvalue weighted by Gasteiger charge is -2.15. The summed E-state index contributed by atoms with van der Waals surface area (Å²) in [6, 6.07) is 10.5. The third kappa shape index (κ3) is 4.83. The quantitative estimate of drug-likeness (QED) is 0.714. The van der Waals surface area contributed by atoms with Gasteiger partial charge in [-0.05, 0) is 36.6 Å². The maximum Gasteiger partial charge on any atom is 0.307 e. The van der Waals surface area contributed by atoms with Crippen molar-refractivity contribution < 1.29 is 24.5 Å². The number of benzene rings is 2. The van der Waals surface area contributed by atoms with Crippen molar-refractivity contribution in [2.45, 2.75) is 39.7 Å². The first-order valence-electron chi connectivity index (χ1n) is 8.20. The number of aromatic hydroxyl groups is 1. The number of Topliss-reactive ketones (excluding diaryl/α,β-unsaturated/α-hetero) is 1. The minimum atomic E-state index is -0.881. The van der Waals surface area contributed by atoms with Gasteiger partial charge in [-0.15, -0.1) is 0 Å². The Balaban J connectivity index is 2.21. The van der Waals surface area contributed by atoms with Crippen molar-refractivity contribution in [2.24, 2.45) is 0 Å². The van der Waals surface area contributed by atoms with E-state index in [0.29, 0.717) is 28.9 Å². The third-order valence-corrected chi connectivity index (χ3v) is 3.86. The van der Waals surface area contributed by atoms with Crippen LogP contribution in [0, 0.1) is 0 Å². The number of hydrogen-bond donors (Lipinski definition) is 2. The predicted molar refractivity (Wildman–Crippen MR) is 94.2 cm³/mol. The van der Waals surface area contributed by atoms with Crippen LogP contribution < -0.4 is 4.74 Å². The van der Waals surface area contributed by atoms with Crippen LogP contribution in [0.25, 0.3) is 0 Å². The number of hydrogen-bond acceptors (Lipinski definition) is 4. The number of phenolic OH excluding ortho intramolecular Hbond substituents is 1. The van der Waals surface area contributed by atoms with Gasteiger partial charge in [-0.1, -0.05) is 37.6 Å². The first-order chi connectivity index (χ1) is 11.9. The second kappa shape index (κ2) is 8.33. The SMILES string of the molecule is CCCc1c(OCc2cccc(CC(=O)O)c2)ccc(C(C)=O)c1O. The van der Waals surface area contributed by atoms with Crippen molar-refractivity contribution in [2.75, 3.05) is 0 Å². The second-order valence-corrected chi connectivity index (χ2v) is 5.92. The average molecular weight is 342 g/mol. The Hall–Kier alpha value is -2.82. The number of rotatable bonds is 8. The van der Waals surface area contributed by atoms with Crippen molar-refractivity contribution in [1.82, 2.24) is 0 Å². The van der Waals surface area contributed by atoms with Gasteiger partial charge in [0.1, 0.15) is 18.1 Å². The summed E-state index contributed by atoms with van der Waals surface area (Å²) in [6.07, 6.45) is 1.36. The van der Waals surface area contributed by atoms with Crippen LogP contribution in [0.3, 0.4) is 0 Å². The zero-order valence-corrected chi connectivity index (χ0v) is 14.4. The molecule has 0 aliphatic rings. The molecule has 0 spiro atoms. The van der Waals surface area contributed by atoms with Crippen LogP contribution in [-0.4, -0.2) is 22.0 Å². The Morgan fingerprint density at radius 3 is 2.48 bits per heavy atom. The molecule has 0 bridgehead atoms. The minimum absolute atomic E-state index is 0.0218. The van der Waals surface area contributed by atoms with Crippen molar-refractivity contribution >= 4 is 11.8 Å². The van der Waals surface area contributed by atoms with E-state index in [0.717, 1.165) is 12.0 Å². The van der Waals surface area contributed by atoms with Crippen molar-refractivity contribution in [3.63, 3.8) is 0 Å². The molecule has 0 atom stereocenters. The van der Waals surface area contributed by atoms with E-state index in [1.54, 1.807) is 30.3 Å². The molecule has 0 fully saturated rings. The van der Waals surface area contributed by atoms with Crippen LogP contribution in [0.1, 0.15) is 47.3 Å². The van der Waals surface area contributed by atoms with Gasteiger partial charge >= 0.3 is 5.97 Å². The Labute approximate surface area is 146 Å². The second-order valence-electron chi connectivity index (χ2n) is 5.92. The molecule has 2 N–H and O–H groups in total. The van der Waals surface area contributed by atoms with Crippen molar-refractivity contribution in [3.05, 3.63) is 58.7 Å². The molecule has 132 valence electrons. The minimum Gasteiger partial charge on any atom is -0.507 e. The van der Waals surface area contributed by atoms with E-state index >= 15 is 0 Å². The maximum absolute atomic E-state index is 11.6. The Kier molecular flexibility index (Phi) is 6.17. The van der Waals surface area contributed by atoms with Crippen molar-refractivity contribution in [3.8, 4) is 11.5 Å². The Morgan fingerprint density at radius 2 is 1.84 bits per heavy atom. The summed E-state index contributed by atoms with van der Waals surface area (Å²) < 4.78 is 5.83. The summed E-state index contributed by atoms with van der Waals surface area (Å²) in [7, 11) is 0. The van der Waals surface area contributed by atoms with E-state index in [1.807, 2.05) is 13.0 Å². The van der Waals surface area contributed by atoms with Crippen LogP contribution in [0.4, 0.5) is 0 Å². The monoisotopic (exact) mass is 342 g/mol. The molecule has 0 radical (unpaired) electrons. The van der Waals surface area contributed by atoms with Gasteiger partial charge in [-0.3, -0.25) is 9.59 Å². The molecule has 0 unspecified atom stereocenters. The van der Waals surface area contributed by atoms with Crippen molar-refractivity contribution in [1.29, 1.82) is 0 Å². The van der Waals surface area contributed by atoms with E-state index < -0.39 is 5.97 Å². The lowest BCUT2D eigenvalue weighted by molar-refractivity contribution is -0.136. The summed E-state index contributed by atoms with van der Waals surface area (Å²) in [5, 5.41) is 19.2. The molecule has 0 saturated heterocycles. The largest absolute Gasteiger partial charge is 0.507 e. The lowest BCUT2D eigenvalue weighted by atomic mass is 10.0. The van der Waals surface area contributed by atoms with E-state index in [-0.39, 0.29) is 24.6 Å². The van der Waals surface area contributed by atoms with Gasteiger partial charge in [-0.25, -0.2) is 0 Å². The van der Waals surface area contributed by atoms with Gasteiger partial charge in [0.2, 0.25) is 0 Å². The highest BCUT2D eigenvalue weighted by Gasteiger charge is 2.16. The molecule has 0 aromatic heterocycles. The smallest absolute Gasteiger partial charge is 0.307 e. The van der Waals surface area contributed by atoms with Crippen LogP contribution in [0.2, 0.25) is 0 Å². The number of carboxylic acid groups (broad SMARTS) is 1. The molecule has 0 amide bonds. The fourth-order valence-corrected chi connectivity index (χ4v) is 2.69. The normalized spacial score (nSPS) is 10.5. The van der Waals surface area contributed by atoms with Gasteiger partial charge in [0.05, 0.1) is 12.0 Å². The van der Waals surface area contributed by atoms with E-state index in [4.69, 9.17) is 9.84 Å². The molecule has 5 heteroatoms. The topological polar surface area (TPSA) is 83.8 Å². The van der Waals surface area contributed by atoms with Crippen LogP contribution >= 0.6 is 0 Å². The average Bonchev–Trinajstić information content (AvgIpc) is 2.55. The molecule has 2 aromatic carbocycles. The summed E-state index contributed by atoms with van der Waals surface area (Å²) in [4.78, 5) is 22.4. The standard InChI is InChI=1S/C20H22O5/c1-3-5-17-18(9-8-16(13(2)21)20(17)24)25-12-15-7-4-6-14(10-15)11-19(22)23/h4,6-10,24H,3,5,11-12H2,1-2H3,(H,22,23). The number of ether oxygens (including phenoxy) is 1. The molecule has 0 aliphatic heterocycles. The van der Waals surface area contributed by atoms with Crippen LogP contribution in [-0.2, 0) is 24.2 Å². The molecule has 25 heavy (non-hydrogen) atoms. The number of ketones is 1. The highest BCUT2D eigenvalue weighted by molar-refractivity contribution is 5.97. The maximum atomic E-state index is 11.6. The fraction of sp³-hybridized carbons (Fsp3) is 0.300. The van der Waals surface area contributed by atoms with Gasteiger partial charge in [0, 0.05) is 5.56 Å². The van der Waals surface area contributed by atoms with E-state index in [1.165, 1.54) is 6.92 Å². The van der Waals surface area contributed by atoms with Crippen LogP contribution in [0.15, 0.2) is 36.4 Å². The lowest BCUT2D eigenvalue weighted by Crippen LogP contribution is -2.04. The summed E-state index contributed by atoms with van der Waals surface area (Å²) in [5.74, 6) is -0.560. The fourth-order valence-electron chi connectivity index (χ4n) is 2.69. The van der Waals surface area contributed by atoms with Gasteiger partial charge in [0.15, 0.2) is 5.78 Å². The summed E-state index contributed by atoms with van der Waals surface area (Å²) in [6.45, 7) is 3.65. The highest BCUT2D eigenvalue weighted by atomic mass is 16.5. The zero-order valence-electron chi connectivity index (χ0n) is 14.4. The van der Waals surface area contributed by atoms with Gasteiger partial charge < -0.3 is 14.9 Å². The Morgan fingerprint density at radius 1 is 1.12 bits per heavy atom. The first-order valence-corrected chi connectivity index (χ1v) is 8.20. The molecule has 2 rings (SSSR count). The molecule has 0 saturated carbocycles. The summed E-state index contributed by atoms with van der Waals surface area (Å²) in [5.41, 5.74) is 2.46. The number of carbonyl (C=O) groups is 2. The predicted octanol–water partition coefficient (Wildman–Crippen LogP) is 3.75. The molecule has 2 aromatic rings. The highest BCUT2D eigenvalue weighted by Crippen LogP contribution is 2.33. The Bertz CT molecular complexity index is 780. The summed E-state index contributed by atoms with van der Waals surface area (Å²) >= 11 is 0. The molecular formula is C20H22O5. The van der Waals surface area contributed by atoms with E-state index in [2.05, 4.69) is 0 Å².